The number of esters is 1. The van der Waals surface area contributed by atoms with Crippen molar-refractivity contribution in [3.63, 3.8) is 0 Å². The van der Waals surface area contributed by atoms with Crippen LogP contribution in [0.2, 0.25) is 0 Å². The number of fused-ring (bicyclic) bond motifs is 5. The third-order valence-corrected chi connectivity index (χ3v) is 11.4. The van der Waals surface area contributed by atoms with Crippen LogP contribution in [0.1, 0.15) is 94.0 Å². The molecule has 5 amide bonds. The molecule has 15 heteroatoms. The number of hydrogen-bond acceptors (Lipinski definition) is 10. The Hall–Kier alpha value is -5.70. The molecule has 3 atom stereocenters. The normalized spacial score (nSPS) is 19.0. The van der Waals surface area contributed by atoms with Gasteiger partial charge in [-0.05, 0) is 80.7 Å². The van der Waals surface area contributed by atoms with Crippen molar-refractivity contribution >= 4 is 52.1 Å². The second kappa shape index (κ2) is 15.1. The summed E-state index contributed by atoms with van der Waals surface area (Å²) in [6.45, 7) is 7.21. The molecular formula is C41H46N6O9. The zero-order valence-corrected chi connectivity index (χ0v) is 32.0. The minimum Gasteiger partial charge on any atom is -0.458 e. The van der Waals surface area contributed by atoms with E-state index in [1.54, 1.807) is 44.4 Å². The van der Waals surface area contributed by atoms with Crippen molar-refractivity contribution in [3.8, 4) is 11.4 Å². The van der Waals surface area contributed by atoms with Gasteiger partial charge in [-0.1, -0.05) is 27.2 Å². The molecule has 0 saturated carbocycles. The Morgan fingerprint density at radius 2 is 1.66 bits per heavy atom. The molecule has 0 spiro atoms. The predicted molar refractivity (Wildman–Crippen MR) is 204 cm³/mol. The summed E-state index contributed by atoms with van der Waals surface area (Å²) in [6, 6.07) is 3.51. The number of nitrogens with zero attached hydrogens (tertiary/aromatic N) is 3. The summed E-state index contributed by atoms with van der Waals surface area (Å²) in [5.74, 6) is -2.93. The Morgan fingerprint density at radius 3 is 2.38 bits per heavy atom. The van der Waals surface area contributed by atoms with E-state index in [9.17, 15) is 38.7 Å². The molecule has 1 aromatic carbocycles. The van der Waals surface area contributed by atoms with Crippen molar-refractivity contribution in [1.82, 2.24) is 25.1 Å². The molecule has 0 fully saturated rings. The van der Waals surface area contributed by atoms with Gasteiger partial charge in [0.15, 0.2) is 5.60 Å². The first-order valence-electron chi connectivity index (χ1n) is 19.3. The summed E-state index contributed by atoms with van der Waals surface area (Å²) < 4.78 is 6.83. The minimum atomic E-state index is -1.92. The quantitative estimate of drug-likeness (QED) is 0.0890. The summed E-state index contributed by atoms with van der Waals surface area (Å²) in [7, 11) is 0. The maximum atomic E-state index is 13.7. The number of unbranched alkanes of at least 4 members (excludes halogenated alkanes) is 2. The molecule has 4 aliphatic rings. The number of imide groups is 1. The smallest absolute Gasteiger partial charge is 0.343 e. The molecule has 1 aliphatic carbocycles. The Morgan fingerprint density at radius 1 is 0.929 bits per heavy atom. The summed E-state index contributed by atoms with van der Waals surface area (Å²) >= 11 is 0. The first-order valence-corrected chi connectivity index (χ1v) is 19.3. The maximum absolute atomic E-state index is 13.7. The van der Waals surface area contributed by atoms with Gasteiger partial charge in [0.25, 0.3) is 17.4 Å². The van der Waals surface area contributed by atoms with Gasteiger partial charge in [0.2, 0.25) is 17.7 Å². The highest BCUT2D eigenvalue weighted by atomic mass is 16.6. The molecule has 0 radical (unpaired) electrons. The van der Waals surface area contributed by atoms with Gasteiger partial charge in [0.1, 0.15) is 18.7 Å². The predicted octanol–water partition coefficient (Wildman–Crippen LogP) is 2.64. The van der Waals surface area contributed by atoms with Crippen LogP contribution in [0.15, 0.2) is 35.1 Å². The average molecular weight is 767 g/mol. The van der Waals surface area contributed by atoms with Crippen molar-refractivity contribution in [2.75, 3.05) is 11.9 Å². The molecule has 0 bridgehead atoms. The molecule has 3 aromatic rings. The number of aliphatic hydroxyl groups is 1. The third kappa shape index (κ3) is 6.77. The van der Waals surface area contributed by atoms with Crippen LogP contribution in [0.4, 0.5) is 5.69 Å². The van der Waals surface area contributed by atoms with Crippen molar-refractivity contribution in [2.45, 2.75) is 110 Å². The molecule has 3 aliphatic heterocycles. The van der Waals surface area contributed by atoms with Crippen molar-refractivity contribution < 1.29 is 38.6 Å². The topological polar surface area (TPSA) is 206 Å². The molecule has 4 N–H and O–H groups in total. The highest BCUT2D eigenvalue weighted by Crippen LogP contribution is 2.43. The van der Waals surface area contributed by atoms with E-state index < -0.39 is 35.5 Å². The van der Waals surface area contributed by atoms with Gasteiger partial charge in [0, 0.05) is 47.3 Å². The number of cyclic esters (lactones) is 1. The van der Waals surface area contributed by atoms with E-state index in [1.165, 1.54) is 12.2 Å². The number of aromatic nitrogens is 2. The summed E-state index contributed by atoms with van der Waals surface area (Å²) in [5, 5.41) is 20.7. The molecule has 0 saturated heterocycles. The molecule has 56 heavy (non-hydrogen) atoms. The molecule has 7 rings (SSSR count). The highest BCUT2D eigenvalue weighted by molar-refractivity contribution is 6.12. The van der Waals surface area contributed by atoms with Crippen LogP contribution >= 0.6 is 0 Å². The van der Waals surface area contributed by atoms with Crippen LogP contribution in [-0.4, -0.2) is 73.7 Å². The Balaban J connectivity index is 1.02. The fourth-order valence-electron chi connectivity index (χ4n) is 8.21. The van der Waals surface area contributed by atoms with Gasteiger partial charge in [0.05, 0.1) is 29.0 Å². The van der Waals surface area contributed by atoms with Gasteiger partial charge in [-0.15, -0.1) is 0 Å². The van der Waals surface area contributed by atoms with Gasteiger partial charge in [-0.2, -0.15) is 0 Å². The Kier molecular flexibility index (Phi) is 10.4. The Bertz CT molecular complexity index is 2280. The van der Waals surface area contributed by atoms with Crippen LogP contribution in [-0.2, 0) is 65.1 Å². The lowest BCUT2D eigenvalue weighted by molar-refractivity contribution is -0.172. The number of benzene rings is 1. The SMILES string of the molecule is CC[C@@]1(O)C(=O)OCc2c1cc1n(c2=O)Cc2c-1nc1ccc(NC(=O)[C@H](C)NC(=O)C(NC(=O)CCCCCN3C(=O)C=CC3=O)C(C)C)c3c1c2CCC3. The number of pyridine rings is 2. The van der Waals surface area contributed by atoms with Gasteiger partial charge in [-0.25, -0.2) is 9.78 Å². The number of anilines is 1. The van der Waals surface area contributed by atoms with Crippen LogP contribution in [0, 0.1) is 5.92 Å². The Labute approximate surface area is 322 Å². The van der Waals surface area contributed by atoms with E-state index in [0.717, 1.165) is 39.8 Å². The van der Waals surface area contributed by atoms with Gasteiger partial charge in [-0.3, -0.25) is 33.7 Å². The number of carbonyl (C=O) groups excluding carboxylic acids is 6. The van der Waals surface area contributed by atoms with Crippen LogP contribution in [0.5, 0.6) is 0 Å². The lowest BCUT2D eigenvalue weighted by atomic mass is 9.85. The molecular weight excluding hydrogens is 720 g/mol. The molecule has 5 heterocycles. The fraction of sp³-hybridized carbons (Fsp3) is 0.463. The van der Waals surface area contributed by atoms with E-state index in [-0.39, 0.29) is 72.9 Å². The minimum absolute atomic E-state index is 0.0517. The van der Waals surface area contributed by atoms with E-state index in [0.29, 0.717) is 48.3 Å². The average Bonchev–Trinajstić information content (AvgIpc) is 3.71. The number of carbonyl (C=O) groups is 6. The van der Waals surface area contributed by atoms with Crippen LogP contribution in [0.3, 0.4) is 0 Å². The molecule has 1 unspecified atom stereocenters. The zero-order valence-electron chi connectivity index (χ0n) is 32.0. The standard InChI is InChI=1S/C41H46N6O9/c1-5-41(55)27-18-30-36-25(19-47(30)39(53)26(27)20-56-40(41)54)23-10-9-11-24-28(13-14-29(43-36)34(23)24)44-37(51)22(4)42-38(52)35(21(2)3)45-31(48)12-7-6-8-17-46-32(49)15-16-33(46)50/h13-16,18,21-22,35,55H,5-12,17,19-20H2,1-4H3,(H,42,52)(H,44,51)(H,45,48)/t22-,35?,41-/m0/s1. The van der Waals surface area contributed by atoms with E-state index >= 15 is 0 Å². The van der Waals surface area contributed by atoms with E-state index in [4.69, 9.17) is 9.72 Å². The summed E-state index contributed by atoms with van der Waals surface area (Å²) in [4.78, 5) is 95.6. The van der Waals surface area contributed by atoms with Crippen molar-refractivity contribution in [3.05, 3.63) is 68.5 Å². The van der Waals surface area contributed by atoms with E-state index in [2.05, 4.69) is 16.0 Å². The number of hydrogen-bond donors (Lipinski definition) is 4. The zero-order chi connectivity index (χ0) is 40.1. The largest absolute Gasteiger partial charge is 0.458 e. The summed E-state index contributed by atoms with van der Waals surface area (Å²) in [5.41, 5.74) is 3.57. The van der Waals surface area contributed by atoms with Crippen molar-refractivity contribution in [2.24, 2.45) is 5.92 Å². The number of nitrogens with one attached hydrogen (secondary N) is 3. The maximum Gasteiger partial charge on any atom is 0.343 e. The third-order valence-electron chi connectivity index (χ3n) is 11.4. The lowest BCUT2D eigenvalue weighted by Gasteiger charge is -2.31. The van der Waals surface area contributed by atoms with Gasteiger partial charge < -0.3 is 30.4 Å². The van der Waals surface area contributed by atoms with Gasteiger partial charge >= 0.3 is 5.97 Å². The van der Waals surface area contributed by atoms with E-state index in [1.807, 2.05) is 6.07 Å². The first-order chi connectivity index (χ1) is 26.7. The number of aryl methyl sites for hydroxylation is 2. The molecule has 15 nitrogen and oxygen atoms in total. The monoisotopic (exact) mass is 766 g/mol. The highest BCUT2D eigenvalue weighted by Gasteiger charge is 2.45. The second-order valence-corrected chi connectivity index (χ2v) is 15.3. The molecule has 2 aromatic heterocycles. The van der Waals surface area contributed by atoms with Crippen LogP contribution in [0.25, 0.3) is 22.3 Å². The first kappa shape index (κ1) is 38.6. The summed E-state index contributed by atoms with van der Waals surface area (Å²) in [6.07, 6.45) is 6.61. The van der Waals surface area contributed by atoms with Crippen LogP contribution < -0.4 is 21.5 Å². The number of amides is 5. The number of ether oxygens (including phenoxy) is 1. The fourth-order valence-corrected chi connectivity index (χ4v) is 8.21. The lowest BCUT2D eigenvalue weighted by Crippen LogP contribution is -2.53. The molecule has 294 valence electrons. The van der Waals surface area contributed by atoms with Crippen molar-refractivity contribution in [1.29, 1.82) is 0 Å². The second-order valence-electron chi connectivity index (χ2n) is 15.3. The number of rotatable bonds is 13.